The normalized spacial score (nSPS) is 12.6. The highest BCUT2D eigenvalue weighted by Gasteiger charge is 2.28. The summed E-state index contributed by atoms with van der Waals surface area (Å²) in [5.41, 5.74) is 2.75. The molecule has 1 saturated carbocycles. The Bertz CT molecular complexity index is 690. The highest BCUT2D eigenvalue weighted by Crippen LogP contribution is 2.31. The van der Waals surface area contributed by atoms with Gasteiger partial charge in [-0.3, -0.25) is 4.79 Å². The van der Waals surface area contributed by atoms with Crippen molar-refractivity contribution in [1.82, 2.24) is 5.32 Å². The molecule has 3 nitrogen and oxygen atoms in total. The van der Waals surface area contributed by atoms with Gasteiger partial charge in [0.1, 0.15) is 5.82 Å². The number of carbonyl (C=O) groups is 1. The Balaban J connectivity index is 0.00000156. The van der Waals surface area contributed by atoms with Gasteiger partial charge in [-0.2, -0.15) is 0 Å². The average molecular weight is 385 g/mol. The molecule has 25 heavy (non-hydrogen) atoms. The number of amides is 1. The molecule has 0 bridgehead atoms. The van der Waals surface area contributed by atoms with Crippen molar-refractivity contribution in [2.75, 3.05) is 11.4 Å². The summed E-state index contributed by atoms with van der Waals surface area (Å²) < 4.78 is 12.9. The third-order valence-electron chi connectivity index (χ3n) is 4.13. The van der Waals surface area contributed by atoms with Crippen molar-refractivity contribution in [2.45, 2.75) is 32.4 Å². The summed E-state index contributed by atoms with van der Waals surface area (Å²) in [7, 11) is 0. The maximum absolute atomic E-state index is 12.9. The van der Waals surface area contributed by atoms with Crippen LogP contribution in [0.5, 0.6) is 0 Å². The van der Waals surface area contributed by atoms with Crippen LogP contribution in [0.1, 0.15) is 35.7 Å². The number of rotatable bonds is 6. The van der Waals surface area contributed by atoms with E-state index in [0.717, 1.165) is 12.1 Å². The van der Waals surface area contributed by atoms with Gasteiger partial charge in [-0.15, -0.1) is 24.8 Å². The van der Waals surface area contributed by atoms with Crippen LogP contribution in [-0.4, -0.2) is 18.5 Å². The Labute approximate surface area is 160 Å². The fraction of sp³-hybridized carbons (Fsp3) is 0.316. The number of halogens is 3. The molecule has 1 aliphatic carbocycles. The minimum Gasteiger partial charge on any atom is -0.369 e. The zero-order valence-electron chi connectivity index (χ0n) is 14.1. The third-order valence-corrected chi connectivity index (χ3v) is 4.13. The molecule has 0 heterocycles. The monoisotopic (exact) mass is 384 g/mol. The van der Waals surface area contributed by atoms with E-state index < -0.39 is 0 Å². The molecular formula is C19H23Cl2FN2O. The largest absolute Gasteiger partial charge is 0.369 e. The molecule has 1 fully saturated rings. The quantitative estimate of drug-likeness (QED) is 0.789. The van der Waals surface area contributed by atoms with E-state index in [-0.39, 0.29) is 36.5 Å². The number of carbonyl (C=O) groups excluding carboxylic acids is 1. The second kappa shape index (κ2) is 9.64. The smallest absolute Gasteiger partial charge is 0.251 e. The van der Waals surface area contributed by atoms with E-state index in [2.05, 4.69) is 29.3 Å². The number of hydrogen-bond donors (Lipinski definition) is 1. The van der Waals surface area contributed by atoms with E-state index in [1.165, 1.54) is 42.8 Å². The molecule has 0 atom stereocenters. The molecule has 3 rings (SSSR count). The lowest BCUT2D eigenvalue weighted by molar-refractivity contribution is 0.0951. The van der Waals surface area contributed by atoms with Gasteiger partial charge in [0.2, 0.25) is 0 Å². The van der Waals surface area contributed by atoms with Gasteiger partial charge in [0.05, 0.1) is 0 Å². The first kappa shape index (κ1) is 21.3. The van der Waals surface area contributed by atoms with Gasteiger partial charge >= 0.3 is 0 Å². The summed E-state index contributed by atoms with van der Waals surface area (Å²) in [6.45, 7) is 3.63. The van der Waals surface area contributed by atoms with Crippen LogP contribution in [0.15, 0.2) is 48.5 Å². The van der Waals surface area contributed by atoms with Crippen LogP contribution in [0.2, 0.25) is 0 Å². The molecule has 0 aliphatic heterocycles. The molecule has 0 radical (unpaired) electrons. The fourth-order valence-corrected chi connectivity index (χ4v) is 2.77. The van der Waals surface area contributed by atoms with Crippen LogP contribution in [0.25, 0.3) is 0 Å². The van der Waals surface area contributed by atoms with Crippen LogP contribution in [0.4, 0.5) is 10.1 Å². The molecule has 1 N–H and O–H groups in total. The van der Waals surface area contributed by atoms with E-state index in [1.807, 2.05) is 12.1 Å². The summed E-state index contributed by atoms with van der Waals surface area (Å²) in [6.07, 6.45) is 2.53. The van der Waals surface area contributed by atoms with E-state index in [9.17, 15) is 9.18 Å². The number of benzene rings is 2. The van der Waals surface area contributed by atoms with Crippen LogP contribution in [-0.2, 0) is 6.54 Å². The first-order chi connectivity index (χ1) is 11.2. The molecule has 1 aliphatic rings. The van der Waals surface area contributed by atoms with Gasteiger partial charge in [-0.05, 0) is 61.7 Å². The van der Waals surface area contributed by atoms with Gasteiger partial charge in [0, 0.05) is 30.4 Å². The van der Waals surface area contributed by atoms with Crippen LogP contribution in [0, 0.1) is 5.82 Å². The molecular weight excluding hydrogens is 362 g/mol. The molecule has 2 aromatic rings. The average Bonchev–Trinajstić information content (AvgIpc) is 3.39. The zero-order chi connectivity index (χ0) is 16.2. The third kappa shape index (κ3) is 5.62. The van der Waals surface area contributed by atoms with Crippen LogP contribution in [0.3, 0.4) is 0 Å². The van der Waals surface area contributed by atoms with Crippen molar-refractivity contribution in [3.05, 3.63) is 65.5 Å². The minimum absolute atomic E-state index is 0. The lowest BCUT2D eigenvalue weighted by Gasteiger charge is -2.23. The van der Waals surface area contributed by atoms with Crippen molar-refractivity contribution in [1.29, 1.82) is 0 Å². The van der Waals surface area contributed by atoms with Gasteiger partial charge in [0.15, 0.2) is 0 Å². The lowest BCUT2D eigenvalue weighted by atomic mass is 10.1. The number of hydrogen-bond acceptors (Lipinski definition) is 2. The summed E-state index contributed by atoms with van der Waals surface area (Å²) in [4.78, 5) is 14.5. The maximum Gasteiger partial charge on any atom is 0.251 e. The SMILES string of the molecule is CCN(c1cccc(CNC(=O)c2ccc(F)cc2)c1)C1CC1.Cl.Cl. The van der Waals surface area contributed by atoms with Gasteiger partial charge in [-0.25, -0.2) is 4.39 Å². The van der Waals surface area contributed by atoms with Crippen LogP contribution < -0.4 is 10.2 Å². The predicted octanol–water partition coefficient (Wildman–Crippen LogP) is 4.59. The Kier molecular flexibility index (Phi) is 8.20. The summed E-state index contributed by atoms with van der Waals surface area (Å²) in [6, 6.07) is 14.5. The molecule has 2 aromatic carbocycles. The van der Waals surface area contributed by atoms with Crippen molar-refractivity contribution in [3.63, 3.8) is 0 Å². The van der Waals surface area contributed by atoms with Crippen LogP contribution >= 0.6 is 24.8 Å². The number of anilines is 1. The molecule has 0 unspecified atom stereocenters. The zero-order valence-corrected chi connectivity index (χ0v) is 15.7. The summed E-state index contributed by atoms with van der Waals surface area (Å²) >= 11 is 0. The molecule has 0 aromatic heterocycles. The molecule has 0 saturated heterocycles. The van der Waals surface area contributed by atoms with Crippen molar-refractivity contribution in [2.24, 2.45) is 0 Å². The number of nitrogens with zero attached hydrogens (tertiary/aromatic N) is 1. The summed E-state index contributed by atoms with van der Waals surface area (Å²) in [5, 5.41) is 2.88. The Morgan fingerprint density at radius 3 is 2.44 bits per heavy atom. The highest BCUT2D eigenvalue weighted by molar-refractivity contribution is 5.94. The van der Waals surface area contributed by atoms with E-state index >= 15 is 0 Å². The second-order valence-corrected chi connectivity index (χ2v) is 5.88. The molecule has 6 heteroatoms. The first-order valence-corrected chi connectivity index (χ1v) is 8.06. The standard InChI is InChI=1S/C19H21FN2O.2ClH/c1-2-22(17-10-11-17)18-5-3-4-14(12-18)13-21-19(23)15-6-8-16(20)9-7-15;;/h3-9,12,17H,2,10-11,13H2,1H3,(H,21,23);2*1H. The van der Waals surface area contributed by atoms with Crippen molar-refractivity contribution in [3.8, 4) is 0 Å². The molecule has 1 amide bonds. The van der Waals surface area contributed by atoms with E-state index in [0.29, 0.717) is 18.2 Å². The Morgan fingerprint density at radius 1 is 1.16 bits per heavy atom. The molecule has 0 spiro atoms. The lowest BCUT2D eigenvalue weighted by Crippen LogP contribution is -2.26. The van der Waals surface area contributed by atoms with Crippen molar-refractivity contribution >= 4 is 36.4 Å². The van der Waals surface area contributed by atoms with E-state index in [1.54, 1.807) is 0 Å². The van der Waals surface area contributed by atoms with Gasteiger partial charge in [0.25, 0.3) is 5.91 Å². The Hall–Kier alpha value is -1.78. The topological polar surface area (TPSA) is 32.3 Å². The van der Waals surface area contributed by atoms with Gasteiger partial charge in [-0.1, -0.05) is 12.1 Å². The minimum atomic E-state index is -0.339. The second-order valence-electron chi connectivity index (χ2n) is 5.88. The van der Waals surface area contributed by atoms with Gasteiger partial charge < -0.3 is 10.2 Å². The van der Waals surface area contributed by atoms with E-state index in [4.69, 9.17) is 0 Å². The first-order valence-electron chi connectivity index (χ1n) is 8.06. The maximum atomic E-state index is 12.9. The fourth-order valence-electron chi connectivity index (χ4n) is 2.77. The summed E-state index contributed by atoms with van der Waals surface area (Å²) in [5.74, 6) is -0.529. The predicted molar refractivity (Wildman–Crippen MR) is 105 cm³/mol. The molecule has 136 valence electrons. The number of nitrogens with one attached hydrogen (secondary N) is 1. The Morgan fingerprint density at radius 2 is 1.84 bits per heavy atom. The van der Waals surface area contributed by atoms with Crippen molar-refractivity contribution < 1.29 is 9.18 Å². The highest BCUT2D eigenvalue weighted by atomic mass is 35.5.